The van der Waals surface area contributed by atoms with Gasteiger partial charge in [-0.25, -0.2) is 0 Å². The Balaban J connectivity index is 1.30. The molecule has 4 rings (SSSR count). The summed E-state index contributed by atoms with van der Waals surface area (Å²) in [4.78, 5) is 14.7. The second-order valence-corrected chi connectivity index (χ2v) is 7.27. The summed E-state index contributed by atoms with van der Waals surface area (Å²) in [7, 11) is 0. The Morgan fingerprint density at radius 3 is 2.64 bits per heavy atom. The molecule has 28 heavy (non-hydrogen) atoms. The highest BCUT2D eigenvalue weighted by atomic mass is 16.6. The van der Waals surface area contributed by atoms with Gasteiger partial charge in [0.15, 0.2) is 11.5 Å². The molecule has 0 spiro atoms. The number of ether oxygens (including phenoxy) is 2. The van der Waals surface area contributed by atoms with Gasteiger partial charge in [0.2, 0.25) is 5.91 Å². The van der Waals surface area contributed by atoms with E-state index in [9.17, 15) is 4.79 Å². The van der Waals surface area contributed by atoms with E-state index in [1.807, 2.05) is 31.2 Å². The lowest BCUT2D eigenvalue weighted by Crippen LogP contribution is -2.40. The van der Waals surface area contributed by atoms with Crippen molar-refractivity contribution in [1.29, 1.82) is 0 Å². The minimum absolute atomic E-state index is 0.0407. The van der Waals surface area contributed by atoms with Crippen molar-refractivity contribution < 1.29 is 14.3 Å². The van der Waals surface area contributed by atoms with Gasteiger partial charge in [-0.2, -0.15) is 0 Å². The number of benzene rings is 2. The topological polar surface area (TPSA) is 50.8 Å². The van der Waals surface area contributed by atoms with Crippen LogP contribution in [0.5, 0.6) is 11.5 Å². The zero-order valence-corrected chi connectivity index (χ0v) is 16.2. The zero-order valence-electron chi connectivity index (χ0n) is 16.2. The number of carbonyl (C=O) groups is 1. The zero-order chi connectivity index (χ0) is 19.3. The Labute approximate surface area is 165 Å². The maximum absolute atomic E-state index is 12.5. The monoisotopic (exact) mass is 378 g/mol. The van der Waals surface area contributed by atoms with Gasteiger partial charge in [-0.1, -0.05) is 42.5 Å². The average molecular weight is 378 g/mol. The predicted octanol–water partition coefficient (Wildman–Crippen LogP) is 3.42. The number of hydrogen-bond acceptors (Lipinski definition) is 4. The van der Waals surface area contributed by atoms with Crippen LogP contribution < -0.4 is 14.8 Å². The van der Waals surface area contributed by atoms with Crippen LogP contribution in [0.3, 0.4) is 0 Å². The van der Waals surface area contributed by atoms with Crippen LogP contribution in [0.1, 0.15) is 30.5 Å². The number of fused-ring (bicyclic) bond motifs is 1. The molecular formula is C23H26N2O3. The van der Waals surface area contributed by atoms with Crippen LogP contribution in [0.4, 0.5) is 0 Å². The van der Waals surface area contributed by atoms with Crippen molar-refractivity contribution in [3.05, 3.63) is 65.7 Å². The van der Waals surface area contributed by atoms with Crippen LogP contribution in [0, 0.1) is 0 Å². The maximum atomic E-state index is 12.5. The molecule has 2 aromatic rings. The number of nitrogens with zero attached hydrogens (tertiary/aromatic N) is 1. The van der Waals surface area contributed by atoms with E-state index in [2.05, 4.69) is 40.6 Å². The summed E-state index contributed by atoms with van der Waals surface area (Å²) in [6, 6.07) is 16.2. The van der Waals surface area contributed by atoms with Crippen molar-refractivity contribution >= 4 is 11.5 Å². The molecule has 2 aromatic carbocycles. The van der Waals surface area contributed by atoms with Crippen LogP contribution in [0.2, 0.25) is 0 Å². The molecule has 146 valence electrons. The Hall–Kier alpha value is -2.79. The summed E-state index contributed by atoms with van der Waals surface area (Å²) in [5, 5.41) is 3.10. The molecule has 5 nitrogen and oxygen atoms in total. The standard InChI is InChI=1S/C23H26N2O3/c1-17(20-7-8-21-22(15-20)28-14-13-27-21)24-23(26)16-25-11-9-19(10-12-25)18-5-3-2-4-6-18/h2-9,15,17H,10-14,16H2,1H3,(H,24,26)/t17-/m0/s1. The second-order valence-electron chi connectivity index (χ2n) is 7.27. The summed E-state index contributed by atoms with van der Waals surface area (Å²) >= 11 is 0. The lowest BCUT2D eigenvalue weighted by Gasteiger charge is -2.27. The second kappa shape index (κ2) is 8.48. The molecule has 1 atom stereocenters. The first-order valence-corrected chi connectivity index (χ1v) is 9.85. The maximum Gasteiger partial charge on any atom is 0.234 e. The summed E-state index contributed by atoms with van der Waals surface area (Å²) in [5.74, 6) is 1.56. The molecule has 1 N–H and O–H groups in total. The van der Waals surface area contributed by atoms with Crippen LogP contribution in [-0.4, -0.2) is 43.7 Å². The van der Waals surface area contributed by atoms with E-state index >= 15 is 0 Å². The molecular weight excluding hydrogens is 352 g/mol. The van der Waals surface area contributed by atoms with E-state index < -0.39 is 0 Å². The number of nitrogens with one attached hydrogen (secondary N) is 1. The van der Waals surface area contributed by atoms with Crippen molar-refractivity contribution in [3.63, 3.8) is 0 Å². The first-order valence-electron chi connectivity index (χ1n) is 9.85. The highest BCUT2D eigenvalue weighted by Gasteiger charge is 2.19. The summed E-state index contributed by atoms with van der Waals surface area (Å²) < 4.78 is 11.2. The highest BCUT2D eigenvalue weighted by Crippen LogP contribution is 2.32. The Bertz CT molecular complexity index is 863. The Kier molecular flexibility index (Phi) is 5.63. The molecule has 2 aliphatic heterocycles. The third kappa shape index (κ3) is 4.37. The number of amides is 1. The molecule has 5 heteroatoms. The fourth-order valence-corrected chi connectivity index (χ4v) is 3.67. The first kappa shape index (κ1) is 18.6. The fourth-order valence-electron chi connectivity index (χ4n) is 3.67. The molecule has 0 saturated carbocycles. The van der Waals surface area contributed by atoms with E-state index in [-0.39, 0.29) is 11.9 Å². The van der Waals surface area contributed by atoms with Crippen molar-refractivity contribution in [1.82, 2.24) is 10.2 Å². The smallest absolute Gasteiger partial charge is 0.234 e. The molecule has 1 amide bonds. The Morgan fingerprint density at radius 2 is 1.89 bits per heavy atom. The van der Waals surface area contributed by atoms with E-state index in [4.69, 9.17) is 9.47 Å². The van der Waals surface area contributed by atoms with Crippen molar-refractivity contribution in [3.8, 4) is 11.5 Å². The minimum Gasteiger partial charge on any atom is -0.486 e. The highest BCUT2D eigenvalue weighted by molar-refractivity contribution is 5.79. The number of carbonyl (C=O) groups excluding carboxylic acids is 1. The Morgan fingerprint density at radius 1 is 1.11 bits per heavy atom. The van der Waals surface area contributed by atoms with Crippen LogP contribution in [0.25, 0.3) is 5.57 Å². The summed E-state index contributed by atoms with van der Waals surface area (Å²) in [5.41, 5.74) is 3.66. The molecule has 0 bridgehead atoms. The normalized spacial score (nSPS) is 17.5. The molecule has 2 heterocycles. The SMILES string of the molecule is C[C@H](NC(=O)CN1CC=C(c2ccccc2)CC1)c1ccc2c(c1)OCCO2. The fraction of sp³-hybridized carbons (Fsp3) is 0.348. The van der Waals surface area contributed by atoms with E-state index in [1.165, 1.54) is 11.1 Å². The molecule has 0 aromatic heterocycles. The van der Waals surface area contributed by atoms with Crippen molar-refractivity contribution in [2.24, 2.45) is 0 Å². The van der Waals surface area contributed by atoms with Gasteiger partial charge in [0, 0.05) is 13.1 Å². The molecule has 2 aliphatic rings. The lowest BCUT2D eigenvalue weighted by molar-refractivity contribution is -0.122. The van der Waals surface area contributed by atoms with Crippen molar-refractivity contribution in [2.75, 3.05) is 32.8 Å². The van der Waals surface area contributed by atoms with Crippen molar-refractivity contribution in [2.45, 2.75) is 19.4 Å². The molecule has 0 saturated heterocycles. The van der Waals surface area contributed by atoms with Crippen LogP contribution in [-0.2, 0) is 4.79 Å². The van der Waals surface area contributed by atoms with Crippen LogP contribution in [0.15, 0.2) is 54.6 Å². The van der Waals surface area contributed by atoms with Gasteiger partial charge in [-0.15, -0.1) is 0 Å². The molecule has 0 fully saturated rings. The summed E-state index contributed by atoms with van der Waals surface area (Å²) in [6.45, 7) is 5.24. The van der Waals surface area contributed by atoms with Crippen LogP contribution >= 0.6 is 0 Å². The van der Waals surface area contributed by atoms with Gasteiger partial charge in [-0.05, 0) is 42.2 Å². The van der Waals surface area contributed by atoms with Gasteiger partial charge < -0.3 is 14.8 Å². The van der Waals surface area contributed by atoms with E-state index in [1.54, 1.807) is 0 Å². The summed E-state index contributed by atoms with van der Waals surface area (Å²) in [6.07, 6.45) is 3.20. The largest absolute Gasteiger partial charge is 0.486 e. The van der Waals surface area contributed by atoms with Gasteiger partial charge in [0.05, 0.1) is 12.6 Å². The quantitative estimate of drug-likeness (QED) is 0.866. The van der Waals surface area contributed by atoms with E-state index in [0.717, 1.165) is 36.6 Å². The van der Waals surface area contributed by atoms with Gasteiger partial charge in [0.25, 0.3) is 0 Å². The minimum atomic E-state index is -0.0801. The number of hydrogen-bond donors (Lipinski definition) is 1. The van der Waals surface area contributed by atoms with E-state index in [0.29, 0.717) is 19.8 Å². The average Bonchev–Trinajstić information content (AvgIpc) is 2.74. The molecule has 0 unspecified atom stereocenters. The number of rotatable bonds is 5. The van der Waals surface area contributed by atoms with Gasteiger partial charge >= 0.3 is 0 Å². The third-order valence-electron chi connectivity index (χ3n) is 5.25. The molecule has 0 radical (unpaired) electrons. The van der Waals surface area contributed by atoms with Gasteiger partial charge in [-0.3, -0.25) is 9.69 Å². The van der Waals surface area contributed by atoms with Gasteiger partial charge in [0.1, 0.15) is 13.2 Å². The predicted molar refractivity (Wildman–Crippen MR) is 109 cm³/mol. The third-order valence-corrected chi connectivity index (χ3v) is 5.25. The lowest BCUT2D eigenvalue weighted by atomic mass is 9.99. The molecule has 0 aliphatic carbocycles. The first-order chi connectivity index (χ1) is 13.7.